The number of nitrogens with zero attached hydrogens (tertiary/aromatic N) is 2. The molecule has 0 aliphatic heterocycles. The third kappa shape index (κ3) is 4.45. The molecule has 0 saturated carbocycles. The van der Waals surface area contributed by atoms with Gasteiger partial charge in [0, 0.05) is 29.2 Å². The van der Waals surface area contributed by atoms with Crippen molar-refractivity contribution in [3.05, 3.63) is 88.7 Å². The predicted molar refractivity (Wildman–Crippen MR) is 114 cm³/mol. The minimum absolute atomic E-state index is 0.0796. The van der Waals surface area contributed by atoms with Crippen LogP contribution in [0, 0.1) is 6.92 Å². The number of hydrogen-bond acceptors (Lipinski definition) is 5. The molecule has 9 heteroatoms. The van der Waals surface area contributed by atoms with Crippen molar-refractivity contribution in [2.75, 3.05) is 11.9 Å². The Bertz CT molecular complexity index is 1290. The summed E-state index contributed by atoms with van der Waals surface area (Å²) in [5.74, 6) is -0.484. The monoisotopic (exact) mass is 417 g/mol. The maximum absolute atomic E-state index is 12.3. The van der Waals surface area contributed by atoms with Gasteiger partial charge in [-0.3, -0.25) is 14.2 Å². The molecule has 0 radical (unpaired) electrons. The highest BCUT2D eigenvalue weighted by molar-refractivity contribution is 5.98. The second-order valence-corrected chi connectivity index (χ2v) is 6.79. The molecule has 2 heterocycles. The van der Waals surface area contributed by atoms with Crippen molar-refractivity contribution in [3.63, 3.8) is 0 Å². The molecule has 0 aliphatic rings. The van der Waals surface area contributed by atoms with Crippen molar-refractivity contribution in [2.24, 2.45) is 0 Å². The summed E-state index contributed by atoms with van der Waals surface area (Å²) in [5.41, 5.74) is 2.46. The average Bonchev–Trinajstić information content (AvgIpc) is 3.40. The molecule has 2 aromatic carbocycles. The van der Waals surface area contributed by atoms with Gasteiger partial charge in [-0.15, -0.1) is 0 Å². The summed E-state index contributed by atoms with van der Waals surface area (Å²) in [7, 11) is 0. The van der Waals surface area contributed by atoms with Crippen molar-refractivity contribution in [1.82, 2.24) is 20.0 Å². The Morgan fingerprint density at radius 2 is 1.90 bits per heavy atom. The highest BCUT2D eigenvalue weighted by atomic mass is 16.5. The van der Waals surface area contributed by atoms with Gasteiger partial charge in [0.25, 0.3) is 5.91 Å². The summed E-state index contributed by atoms with van der Waals surface area (Å²) in [5, 5.41) is 8.97. The third-order valence-corrected chi connectivity index (χ3v) is 4.56. The second kappa shape index (κ2) is 8.54. The van der Waals surface area contributed by atoms with Crippen LogP contribution < -0.4 is 16.3 Å². The van der Waals surface area contributed by atoms with Crippen molar-refractivity contribution in [3.8, 4) is 17.0 Å². The molecule has 0 fully saturated rings. The lowest BCUT2D eigenvalue weighted by atomic mass is 10.1. The zero-order valence-electron chi connectivity index (χ0n) is 16.6. The molecular weight excluding hydrogens is 398 g/mol. The van der Waals surface area contributed by atoms with Crippen LogP contribution in [0.15, 0.2) is 76.2 Å². The van der Waals surface area contributed by atoms with Gasteiger partial charge in [-0.05, 0) is 25.1 Å². The molecule has 2 amide bonds. The van der Waals surface area contributed by atoms with Gasteiger partial charge in [0.15, 0.2) is 11.5 Å². The number of aromatic nitrogens is 3. The third-order valence-electron chi connectivity index (χ3n) is 4.56. The number of H-pyrrole nitrogens is 1. The number of nitrogens with one attached hydrogen (secondary N) is 3. The van der Waals surface area contributed by atoms with E-state index < -0.39 is 11.8 Å². The van der Waals surface area contributed by atoms with Gasteiger partial charge in [0.2, 0.25) is 5.91 Å². The van der Waals surface area contributed by atoms with E-state index in [1.165, 1.54) is 10.6 Å². The van der Waals surface area contributed by atoms with Gasteiger partial charge in [0.05, 0.1) is 12.2 Å². The van der Waals surface area contributed by atoms with Gasteiger partial charge in [-0.25, -0.2) is 4.79 Å². The Labute approximate surface area is 176 Å². The Kier molecular flexibility index (Phi) is 5.48. The standard InChI is InChI=1S/C22H19N5O4/c1-14-12-24-22(30)27(14)17-9-5-8-16(10-17)25-20(28)13-23-21(29)18-11-19(31-26-18)15-6-3-2-4-7-15/h2-12H,13H2,1H3,(H,23,29)(H,24,30)(H,25,28). The topological polar surface area (TPSA) is 122 Å². The van der Waals surface area contributed by atoms with Crippen molar-refractivity contribution in [2.45, 2.75) is 6.92 Å². The van der Waals surface area contributed by atoms with Crippen LogP contribution in [0.25, 0.3) is 17.0 Å². The molecule has 3 N–H and O–H groups in total. The smallest absolute Gasteiger partial charge is 0.330 e. The Balaban J connectivity index is 1.37. The van der Waals surface area contributed by atoms with Crippen LogP contribution in [-0.4, -0.2) is 33.1 Å². The number of anilines is 1. The van der Waals surface area contributed by atoms with E-state index in [2.05, 4.69) is 20.8 Å². The van der Waals surface area contributed by atoms with Crippen LogP contribution in [0.2, 0.25) is 0 Å². The molecule has 0 atom stereocenters. The van der Waals surface area contributed by atoms with Crippen LogP contribution in [-0.2, 0) is 4.79 Å². The Hall–Kier alpha value is -4.40. The molecule has 9 nitrogen and oxygen atoms in total. The number of hydrogen-bond donors (Lipinski definition) is 3. The first-order valence-electron chi connectivity index (χ1n) is 9.49. The lowest BCUT2D eigenvalue weighted by molar-refractivity contribution is -0.115. The SMILES string of the molecule is Cc1c[nH]c(=O)n1-c1cccc(NC(=O)CNC(=O)c2cc(-c3ccccc3)on2)c1. The molecule has 0 saturated heterocycles. The largest absolute Gasteiger partial charge is 0.355 e. The zero-order valence-corrected chi connectivity index (χ0v) is 16.6. The molecule has 2 aromatic heterocycles. The molecule has 156 valence electrons. The number of benzene rings is 2. The van der Waals surface area contributed by atoms with E-state index >= 15 is 0 Å². The lowest BCUT2D eigenvalue weighted by Crippen LogP contribution is -2.33. The van der Waals surface area contributed by atoms with E-state index in [1.807, 2.05) is 30.3 Å². The normalized spacial score (nSPS) is 10.6. The van der Waals surface area contributed by atoms with Gasteiger partial charge in [0.1, 0.15) is 0 Å². The molecule has 31 heavy (non-hydrogen) atoms. The number of aromatic amines is 1. The molecule has 0 bridgehead atoms. The minimum Gasteiger partial charge on any atom is -0.355 e. The molecule has 0 aliphatic carbocycles. The summed E-state index contributed by atoms with van der Waals surface area (Å²) in [6.07, 6.45) is 1.61. The van der Waals surface area contributed by atoms with Crippen LogP contribution >= 0.6 is 0 Å². The van der Waals surface area contributed by atoms with E-state index in [0.29, 0.717) is 17.1 Å². The van der Waals surface area contributed by atoms with E-state index in [0.717, 1.165) is 11.3 Å². The maximum atomic E-state index is 12.3. The van der Waals surface area contributed by atoms with Gasteiger partial charge < -0.3 is 20.1 Å². The van der Waals surface area contributed by atoms with Crippen molar-refractivity contribution < 1.29 is 14.1 Å². The van der Waals surface area contributed by atoms with E-state index in [-0.39, 0.29) is 17.9 Å². The number of imidazole rings is 1. The maximum Gasteiger partial charge on any atom is 0.330 e. The van der Waals surface area contributed by atoms with Crippen LogP contribution in [0.3, 0.4) is 0 Å². The molecule has 0 unspecified atom stereocenters. The summed E-state index contributed by atoms with van der Waals surface area (Å²) >= 11 is 0. The average molecular weight is 417 g/mol. The lowest BCUT2D eigenvalue weighted by Gasteiger charge is -2.09. The number of carbonyl (C=O) groups is 2. The minimum atomic E-state index is -0.524. The highest BCUT2D eigenvalue weighted by Crippen LogP contribution is 2.19. The van der Waals surface area contributed by atoms with Gasteiger partial charge in [-0.1, -0.05) is 41.6 Å². The van der Waals surface area contributed by atoms with Crippen molar-refractivity contribution in [1.29, 1.82) is 0 Å². The fourth-order valence-corrected chi connectivity index (χ4v) is 3.08. The molecule has 4 aromatic rings. The summed E-state index contributed by atoms with van der Waals surface area (Å²) in [4.78, 5) is 39.1. The highest BCUT2D eigenvalue weighted by Gasteiger charge is 2.15. The number of carbonyl (C=O) groups excluding carboxylic acids is 2. The van der Waals surface area contributed by atoms with E-state index in [9.17, 15) is 14.4 Å². The Morgan fingerprint density at radius 3 is 2.65 bits per heavy atom. The summed E-state index contributed by atoms with van der Waals surface area (Å²) in [6, 6.07) is 17.6. The van der Waals surface area contributed by atoms with Gasteiger partial charge in [-0.2, -0.15) is 0 Å². The van der Waals surface area contributed by atoms with Crippen molar-refractivity contribution >= 4 is 17.5 Å². The molecular formula is C22H19N5O4. The second-order valence-electron chi connectivity index (χ2n) is 6.79. The summed E-state index contributed by atoms with van der Waals surface area (Å²) < 4.78 is 6.69. The van der Waals surface area contributed by atoms with Gasteiger partial charge >= 0.3 is 5.69 Å². The zero-order chi connectivity index (χ0) is 21.8. The van der Waals surface area contributed by atoms with E-state index in [4.69, 9.17) is 4.52 Å². The fraction of sp³-hybridized carbons (Fsp3) is 0.0909. The van der Waals surface area contributed by atoms with E-state index in [1.54, 1.807) is 37.4 Å². The Morgan fingerprint density at radius 1 is 1.10 bits per heavy atom. The van der Waals surface area contributed by atoms with Crippen LogP contribution in [0.1, 0.15) is 16.2 Å². The molecule has 4 rings (SSSR count). The number of amides is 2. The first kappa shape index (κ1) is 19.9. The quantitative estimate of drug-likeness (QED) is 0.445. The van der Waals surface area contributed by atoms with Crippen LogP contribution in [0.4, 0.5) is 5.69 Å². The first-order valence-corrected chi connectivity index (χ1v) is 9.49. The predicted octanol–water partition coefficient (Wildman–Crippen LogP) is 2.50. The first-order chi connectivity index (χ1) is 15.0. The fourth-order valence-electron chi connectivity index (χ4n) is 3.08. The van der Waals surface area contributed by atoms with Crippen LogP contribution in [0.5, 0.6) is 0 Å². The summed E-state index contributed by atoms with van der Waals surface area (Å²) in [6.45, 7) is 1.55. The number of rotatable bonds is 6. The number of aryl methyl sites for hydroxylation is 1. The molecule has 0 spiro atoms.